The van der Waals surface area contributed by atoms with Gasteiger partial charge in [0.05, 0.1) is 23.0 Å². The van der Waals surface area contributed by atoms with Gasteiger partial charge in [0.1, 0.15) is 6.33 Å². The predicted molar refractivity (Wildman–Crippen MR) is 148 cm³/mol. The Bertz CT molecular complexity index is 1600. The largest absolute Gasteiger partial charge is 0.478 e. The minimum absolute atomic E-state index is 0.0931. The number of carbonyl (C=O) groups is 3. The van der Waals surface area contributed by atoms with Crippen molar-refractivity contribution in [2.45, 2.75) is 31.7 Å². The van der Waals surface area contributed by atoms with Gasteiger partial charge in [0.2, 0.25) is 11.8 Å². The van der Waals surface area contributed by atoms with Crippen molar-refractivity contribution >= 4 is 41.1 Å². The van der Waals surface area contributed by atoms with Gasteiger partial charge in [0.25, 0.3) is 0 Å². The molecule has 0 fully saturated rings. The topological polar surface area (TPSA) is 152 Å². The van der Waals surface area contributed by atoms with E-state index in [4.69, 9.17) is 11.6 Å². The van der Waals surface area contributed by atoms with Crippen LogP contribution in [0.15, 0.2) is 67.1 Å². The molecule has 4 aromatic rings. The zero-order valence-corrected chi connectivity index (χ0v) is 21.9. The fraction of sp³-hybridized carbons (Fsp3) is 0.179. The van der Waals surface area contributed by atoms with Gasteiger partial charge >= 0.3 is 5.97 Å². The van der Waals surface area contributed by atoms with Crippen molar-refractivity contribution in [2.75, 3.05) is 5.32 Å². The van der Waals surface area contributed by atoms with Crippen LogP contribution in [0.25, 0.3) is 22.9 Å². The number of carboxylic acids is 1. The molecule has 2 bridgehead atoms. The monoisotopic (exact) mass is 557 g/mol. The van der Waals surface area contributed by atoms with Crippen LogP contribution in [0.3, 0.4) is 0 Å². The quantitative estimate of drug-likeness (QED) is 0.304. The summed E-state index contributed by atoms with van der Waals surface area (Å²) in [6.45, 7) is 0. The van der Waals surface area contributed by atoms with Crippen LogP contribution in [0.4, 0.5) is 5.69 Å². The number of aromatic nitrogens is 5. The molecule has 5 rings (SSSR count). The number of nitrogens with one attached hydrogen (secondary N) is 2. The molecule has 202 valence electrons. The Morgan fingerprint density at radius 1 is 1.12 bits per heavy atom. The van der Waals surface area contributed by atoms with Crippen molar-refractivity contribution < 1.29 is 19.5 Å². The molecular weight excluding hydrogens is 534 g/mol. The summed E-state index contributed by atoms with van der Waals surface area (Å²) in [5.41, 5.74) is 3.74. The van der Waals surface area contributed by atoms with Crippen LogP contribution in [0.2, 0.25) is 5.02 Å². The van der Waals surface area contributed by atoms with Gasteiger partial charge in [0, 0.05) is 40.5 Å². The van der Waals surface area contributed by atoms with Crippen molar-refractivity contribution in [3.63, 3.8) is 0 Å². The first-order chi connectivity index (χ1) is 19.4. The molecule has 1 atom stereocenters. The number of halogens is 1. The number of nitrogens with zero attached hydrogens (tertiary/aromatic N) is 5. The Balaban J connectivity index is 1.44. The van der Waals surface area contributed by atoms with E-state index >= 15 is 0 Å². The van der Waals surface area contributed by atoms with Gasteiger partial charge in [-0.3, -0.25) is 14.6 Å². The lowest BCUT2D eigenvalue weighted by Gasteiger charge is -2.20. The number of carboxylic acid groups (broad SMARTS) is 1. The number of aromatic carboxylic acids is 1. The highest BCUT2D eigenvalue weighted by Crippen LogP contribution is 2.32. The zero-order valence-electron chi connectivity index (χ0n) is 21.1. The van der Waals surface area contributed by atoms with Gasteiger partial charge in [-0.15, -0.1) is 5.10 Å². The van der Waals surface area contributed by atoms with Gasteiger partial charge in [-0.05, 0) is 83.4 Å². The molecule has 3 heterocycles. The molecule has 3 N–H and O–H groups in total. The van der Waals surface area contributed by atoms with Crippen LogP contribution in [0.1, 0.15) is 53.3 Å². The third-order valence-corrected chi connectivity index (χ3v) is 6.69. The molecule has 2 aromatic carbocycles. The lowest BCUT2D eigenvalue weighted by atomic mass is 9.97. The third kappa shape index (κ3) is 6.21. The molecule has 0 radical (unpaired) electrons. The maximum Gasteiger partial charge on any atom is 0.335 e. The van der Waals surface area contributed by atoms with Crippen molar-refractivity contribution in [1.29, 1.82) is 0 Å². The van der Waals surface area contributed by atoms with E-state index < -0.39 is 12.0 Å². The minimum atomic E-state index is -1.07. The van der Waals surface area contributed by atoms with E-state index in [1.807, 2.05) is 0 Å². The lowest BCUT2D eigenvalue weighted by molar-refractivity contribution is -0.118. The van der Waals surface area contributed by atoms with E-state index in [1.165, 1.54) is 29.2 Å². The second-order valence-corrected chi connectivity index (χ2v) is 9.62. The van der Waals surface area contributed by atoms with Crippen LogP contribution in [0, 0.1) is 0 Å². The Morgan fingerprint density at radius 2 is 2.00 bits per heavy atom. The second kappa shape index (κ2) is 11.9. The fourth-order valence-corrected chi connectivity index (χ4v) is 4.68. The van der Waals surface area contributed by atoms with E-state index in [9.17, 15) is 19.5 Å². The number of benzene rings is 2. The summed E-state index contributed by atoms with van der Waals surface area (Å²) in [6, 6.07) is 12.8. The highest BCUT2D eigenvalue weighted by Gasteiger charge is 2.19. The molecule has 0 saturated carbocycles. The average Bonchev–Trinajstić information content (AvgIpc) is 3.48. The fourth-order valence-electron chi connectivity index (χ4n) is 4.50. The van der Waals surface area contributed by atoms with E-state index in [-0.39, 0.29) is 23.8 Å². The minimum Gasteiger partial charge on any atom is -0.478 e. The second-order valence-electron chi connectivity index (χ2n) is 9.18. The standard InChI is InChI=1S/C28H24ClN7O4/c29-20-7-9-25(36-16-31-34-35-36)18(13-20)6-10-27(38)33-23-3-1-2-4-26(37)32-22-8-5-19(28(39)40)14-21(22)17-11-12-30-24(23)15-17/h5-16,23H,1-4H2,(H,32,37)(H,33,38)(H,39,40)/t23-/m0/s1. The average molecular weight is 558 g/mol. The van der Waals surface area contributed by atoms with Gasteiger partial charge in [0.15, 0.2) is 0 Å². The number of amides is 2. The van der Waals surface area contributed by atoms with Crippen LogP contribution in [-0.4, -0.2) is 48.1 Å². The first-order valence-electron chi connectivity index (χ1n) is 12.5. The number of hydrogen-bond acceptors (Lipinski definition) is 7. The van der Waals surface area contributed by atoms with Crippen LogP contribution in [0.5, 0.6) is 0 Å². The smallest absolute Gasteiger partial charge is 0.335 e. The van der Waals surface area contributed by atoms with Gasteiger partial charge in [-0.25, -0.2) is 4.79 Å². The van der Waals surface area contributed by atoms with Crippen LogP contribution >= 0.6 is 11.6 Å². The molecule has 2 amide bonds. The first kappa shape index (κ1) is 26.7. The van der Waals surface area contributed by atoms with Crippen molar-refractivity contribution in [1.82, 2.24) is 30.5 Å². The van der Waals surface area contributed by atoms with E-state index in [1.54, 1.807) is 48.7 Å². The molecule has 0 saturated heterocycles. The normalized spacial score (nSPS) is 15.4. The number of hydrogen-bond donors (Lipinski definition) is 3. The van der Waals surface area contributed by atoms with E-state index in [0.29, 0.717) is 58.0 Å². The van der Waals surface area contributed by atoms with E-state index in [0.717, 1.165) is 0 Å². The Morgan fingerprint density at radius 3 is 2.80 bits per heavy atom. The van der Waals surface area contributed by atoms with Crippen LogP contribution in [-0.2, 0) is 9.59 Å². The number of fused-ring (bicyclic) bond motifs is 4. The highest BCUT2D eigenvalue weighted by molar-refractivity contribution is 6.30. The van der Waals surface area contributed by atoms with Crippen molar-refractivity contribution in [2.24, 2.45) is 0 Å². The molecule has 0 spiro atoms. The van der Waals surface area contributed by atoms with Gasteiger partial charge in [-0.2, -0.15) is 4.68 Å². The molecule has 40 heavy (non-hydrogen) atoms. The maximum absolute atomic E-state index is 13.1. The van der Waals surface area contributed by atoms with Gasteiger partial charge < -0.3 is 15.7 Å². The summed E-state index contributed by atoms with van der Waals surface area (Å²) in [6.07, 6.45) is 8.21. The molecule has 1 aliphatic rings. The summed E-state index contributed by atoms with van der Waals surface area (Å²) >= 11 is 6.18. The van der Waals surface area contributed by atoms with Crippen molar-refractivity contribution in [3.8, 4) is 16.8 Å². The number of tetrazole rings is 1. The third-order valence-electron chi connectivity index (χ3n) is 6.45. The molecule has 0 aliphatic carbocycles. The van der Waals surface area contributed by atoms with E-state index in [2.05, 4.69) is 31.1 Å². The Labute approximate surface area is 233 Å². The first-order valence-corrected chi connectivity index (χ1v) is 12.9. The summed E-state index contributed by atoms with van der Waals surface area (Å²) < 4.78 is 1.47. The SMILES string of the molecule is O=C(C=Cc1cc(Cl)ccc1-n1cnnn1)N[C@H]1CCCCC(=O)Nc2ccc(C(=O)O)cc2-c2ccnc1c2. The summed E-state index contributed by atoms with van der Waals surface area (Å²) in [4.78, 5) is 41.8. The number of rotatable bonds is 5. The molecule has 1 aliphatic heterocycles. The van der Waals surface area contributed by atoms with Crippen LogP contribution < -0.4 is 10.6 Å². The molecule has 2 aromatic heterocycles. The number of anilines is 1. The Kier molecular flexibility index (Phi) is 7.92. The summed E-state index contributed by atoms with van der Waals surface area (Å²) in [7, 11) is 0. The molecule has 12 heteroatoms. The number of pyridine rings is 1. The van der Waals surface area contributed by atoms with Gasteiger partial charge in [-0.1, -0.05) is 18.0 Å². The predicted octanol–water partition coefficient (Wildman–Crippen LogP) is 4.46. The summed E-state index contributed by atoms with van der Waals surface area (Å²) in [5, 5.41) is 27.1. The highest BCUT2D eigenvalue weighted by atomic mass is 35.5. The maximum atomic E-state index is 13.1. The summed E-state index contributed by atoms with van der Waals surface area (Å²) in [5.74, 6) is -1.59. The molecule has 0 unspecified atom stereocenters. The number of carbonyl (C=O) groups excluding carboxylic acids is 2. The Hall–Kier alpha value is -4.90. The lowest BCUT2D eigenvalue weighted by Crippen LogP contribution is -2.27. The zero-order chi connectivity index (χ0) is 28.1. The molecule has 11 nitrogen and oxygen atoms in total. The van der Waals surface area contributed by atoms with Crippen molar-refractivity contribution in [3.05, 3.63) is 89.0 Å². The molecular formula is C28H24ClN7O4.